The Labute approximate surface area is 92.9 Å². The first kappa shape index (κ1) is 10.5. The molecule has 0 radical (unpaired) electrons. The van der Waals surface area contributed by atoms with Crippen molar-refractivity contribution in [1.29, 1.82) is 0 Å². The van der Waals surface area contributed by atoms with Gasteiger partial charge in [0.05, 0.1) is 0 Å². The van der Waals surface area contributed by atoms with Gasteiger partial charge in [0, 0.05) is 11.7 Å². The second-order valence-corrected chi connectivity index (χ2v) is 5.30. The molecule has 0 aliphatic heterocycles. The monoisotopic (exact) mass is 203 g/mol. The van der Waals surface area contributed by atoms with Crippen LogP contribution in [0.5, 0.6) is 0 Å². The maximum atomic E-state index is 3.67. The molecular formula is C14H21N. The first-order valence-electron chi connectivity index (χ1n) is 6.00. The Balaban J connectivity index is 2.05. The highest BCUT2D eigenvalue weighted by molar-refractivity contribution is 5.43. The lowest BCUT2D eigenvalue weighted by atomic mass is 9.73. The van der Waals surface area contributed by atoms with E-state index in [-0.39, 0.29) is 0 Å². The SMILES string of the molecule is CC1(C)CCCCC1Nc1ccccc1. The van der Waals surface area contributed by atoms with Crippen LogP contribution >= 0.6 is 0 Å². The van der Waals surface area contributed by atoms with Crippen LogP contribution in [0.2, 0.25) is 0 Å². The summed E-state index contributed by atoms with van der Waals surface area (Å²) in [6.07, 6.45) is 5.41. The minimum atomic E-state index is 0.439. The van der Waals surface area contributed by atoms with Crippen molar-refractivity contribution in [3.05, 3.63) is 30.3 Å². The Hall–Kier alpha value is -0.980. The van der Waals surface area contributed by atoms with Gasteiger partial charge in [-0.25, -0.2) is 0 Å². The average molecular weight is 203 g/mol. The molecule has 1 nitrogen and oxygen atoms in total. The number of anilines is 1. The topological polar surface area (TPSA) is 12.0 Å². The number of hydrogen-bond acceptors (Lipinski definition) is 1. The van der Waals surface area contributed by atoms with E-state index >= 15 is 0 Å². The van der Waals surface area contributed by atoms with E-state index in [9.17, 15) is 0 Å². The van der Waals surface area contributed by atoms with Crippen molar-refractivity contribution < 1.29 is 0 Å². The van der Waals surface area contributed by atoms with Crippen molar-refractivity contribution in [1.82, 2.24) is 0 Å². The Morgan fingerprint density at radius 1 is 1.13 bits per heavy atom. The lowest BCUT2D eigenvalue weighted by Gasteiger charge is -2.39. The van der Waals surface area contributed by atoms with Crippen LogP contribution in [-0.2, 0) is 0 Å². The predicted octanol–water partition coefficient (Wildman–Crippen LogP) is 4.07. The molecule has 1 unspecified atom stereocenters. The molecule has 1 heteroatoms. The van der Waals surface area contributed by atoms with Gasteiger partial charge in [-0.2, -0.15) is 0 Å². The quantitative estimate of drug-likeness (QED) is 0.764. The lowest BCUT2D eigenvalue weighted by Crippen LogP contribution is -2.38. The maximum absolute atomic E-state index is 3.67. The molecule has 15 heavy (non-hydrogen) atoms. The van der Waals surface area contributed by atoms with Crippen LogP contribution in [0, 0.1) is 5.41 Å². The third-order valence-electron chi connectivity index (χ3n) is 3.62. The zero-order valence-electron chi connectivity index (χ0n) is 9.79. The molecule has 0 bridgehead atoms. The van der Waals surface area contributed by atoms with Gasteiger partial charge >= 0.3 is 0 Å². The van der Waals surface area contributed by atoms with Gasteiger partial charge < -0.3 is 5.32 Å². The molecule has 0 saturated heterocycles. The fraction of sp³-hybridized carbons (Fsp3) is 0.571. The van der Waals surface area contributed by atoms with E-state index in [2.05, 4.69) is 49.5 Å². The summed E-state index contributed by atoms with van der Waals surface area (Å²) in [4.78, 5) is 0. The van der Waals surface area contributed by atoms with Gasteiger partial charge in [-0.3, -0.25) is 0 Å². The largest absolute Gasteiger partial charge is 0.382 e. The summed E-state index contributed by atoms with van der Waals surface area (Å²) in [6.45, 7) is 4.76. The molecule has 1 aromatic rings. The zero-order valence-corrected chi connectivity index (χ0v) is 9.79. The van der Waals surface area contributed by atoms with Gasteiger partial charge in [0.2, 0.25) is 0 Å². The summed E-state index contributed by atoms with van der Waals surface area (Å²) in [5.74, 6) is 0. The van der Waals surface area contributed by atoms with Crippen LogP contribution in [0.1, 0.15) is 39.5 Å². The van der Waals surface area contributed by atoms with Crippen LogP contribution < -0.4 is 5.32 Å². The maximum Gasteiger partial charge on any atom is 0.0342 e. The minimum Gasteiger partial charge on any atom is -0.382 e. The summed E-state index contributed by atoms with van der Waals surface area (Å²) in [5, 5.41) is 3.67. The summed E-state index contributed by atoms with van der Waals surface area (Å²) in [5.41, 5.74) is 1.70. The van der Waals surface area contributed by atoms with E-state index in [1.807, 2.05) is 0 Å². The lowest BCUT2D eigenvalue weighted by molar-refractivity contribution is 0.217. The number of hydrogen-bond donors (Lipinski definition) is 1. The first-order chi connectivity index (χ1) is 7.18. The van der Waals surface area contributed by atoms with Gasteiger partial charge in [-0.15, -0.1) is 0 Å². The molecule has 0 amide bonds. The molecule has 1 saturated carbocycles. The Morgan fingerprint density at radius 3 is 2.53 bits per heavy atom. The van der Waals surface area contributed by atoms with Gasteiger partial charge in [0.15, 0.2) is 0 Å². The summed E-state index contributed by atoms with van der Waals surface area (Å²) in [7, 11) is 0. The molecule has 2 rings (SSSR count). The molecule has 1 fully saturated rings. The van der Waals surface area contributed by atoms with E-state index in [1.54, 1.807) is 0 Å². The Morgan fingerprint density at radius 2 is 1.87 bits per heavy atom. The average Bonchev–Trinajstić information content (AvgIpc) is 2.23. The van der Waals surface area contributed by atoms with E-state index < -0.39 is 0 Å². The van der Waals surface area contributed by atoms with E-state index in [0.717, 1.165) is 0 Å². The van der Waals surface area contributed by atoms with Gasteiger partial charge in [-0.05, 0) is 30.4 Å². The molecule has 82 valence electrons. The van der Waals surface area contributed by atoms with Gasteiger partial charge in [0.1, 0.15) is 0 Å². The Bertz CT molecular complexity index is 302. The molecule has 1 atom stereocenters. The highest BCUT2D eigenvalue weighted by atomic mass is 14.9. The highest BCUT2D eigenvalue weighted by Crippen LogP contribution is 2.37. The van der Waals surface area contributed by atoms with E-state index in [1.165, 1.54) is 31.4 Å². The standard InChI is InChI=1S/C14H21N/c1-14(2)11-7-6-10-13(14)15-12-8-4-3-5-9-12/h3-5,8-9,13,15H,6-7,10-11H2,1-2H3. The fourth-order valence-electron chi connectivity index (χ4n) is 2.50. The van der Waals surface area contributed by atoms with Crippen molar-refractivity contribution in [2.24, 2.45) is 5.41 Å². The summed E-state index contributed by atoms with van der Waals surface area (Å²) >= 11 is 0. The molecule has 1 aliphatic rings. The molecular weight excluding hydrogens is 182 g/mol. The van der Waals surface area contributed by atoms with Crippen LogP contribution in [0.25, 0.3) is 0 Å². The van der Waals surface area contributed by atoms with Crippen LogP contribution in [0.4, 0.5) is 5.69 Å². The van der Waals surface area contributed by atoms with Gasteiger partial charge in [-0.1, -0.05) is 44.9 Å². The number of nitrogens with one attached hydrogen (secondary N) is 1. The molecule has 0 heterocycles. The van der Waals surface area contributed by atoms with E-state index in [4.69, 9.17) is 0 Å². The first-order valence-corrected chi connectivity index (χ1v) is 6.00. The fourth-order valence-corrected chi connectivity index (χ4v) is 2.50. The third kappa shape index (κ3) is 2.53. The van der Waals surface area contributed by atoms with E-state index in [0.29, 0.717) is 11.5 Å². The third-order valence-corrected chi connectivity index (χ3v) is 3.62. The minimum absolute atomic E-state index is 0.439. The van der Waals surface area contributed by atoms with Crippen molar-refractivity contribution in [2.45, 2.75) is 45.6 Å². The van der Waals surface area contributed by atoms with Crippen LogP contribution in [0.3, 0.4) is 0 Å². The molecule has 0 aromatic heterocycles. The molecule has 1 aromatic carbocycles. The normalized spacial score (nSPS) is 24.8. The zero-order chi connectivity index (χ0) is 10.7. The number of para-hydroxylation sites is 1. The smallest absolute Gasteiger partial charge is 0.0342 e. The Kier molecular flexibility index (Phi) is 2.99. The predicted molar refractivity (Wildman–Crippen MR) is 66.1 cm³/mol. The molecule has 0 spiro atoms. The summed E-state index contributed by atoms with van der Waals surface area (Å²) < 4.78 is 0. The van der Waals surface area contributed by atoms with Crippen LogP contribution in [-0.4, -0.2) is 6.04 Å². The molecule has 1 N–H and O–H groups in total. The molecule has 1 aliphatic carbocycles. The van der Waals surface area contributed by atoms with Gasteiger partial charge in [0.25, 0.3) is 0 Å². The van der Waals surface area contributed by atoms with Crippen LogP contribution in [0.15, 0.2) is 30.3 Å². The second-order valence-electron chi connectivity index (χ2n) is 5.30. The summed E-state index contributed by atoms with van der Waals surface area (Å²) in [6, 6.07) is 11.2. The number of rotatable bonds is 2. The number of benzene rings is 1. The second kappa shape index (κ2) is 4.26. The van der Waals surface area contributed by atoms with Crippen molar-refractivity contribution in [2.75, 3.05) is 5.32 Å². The highest BCUT2D eigenvalue weighted by Gasteiger charge is 2.31. The van der Waals surface area contributed by atoms with Crippen molar-refractivity contribution in [3.8, 4) is 0 Å². The van der Waals surface area contributed by atoms with Crippen molar-refractivity contribution >= 4 is 5.69 Å². The van der Waals surface area contributed by atoms with Crippen molar-refractivity contribution in [3.63, 3.8) is 0 Å².